The van der Waals surface area contributed by atoms with Gasteiger partial charge in [-0.15, -0.1) is 0 Å². The van der Waals surface area contributed by atoms with Crippen molar-refractivity contribution in [3.63, 3.8) is 0 Å². The van der Waals surface area contributed by atoms with Crippen LogP contribution in [0.4, 0.5) is 0 Å². The number of benzene rings is 2. The maximum Gasteiger partial charge on any atom is 0.273 e. The van der Waals surface area contributed by atoms with E-state index in [1.807, 2.05) is 42.5 Å². The summed E-state index contributed by atoms with van der Waals surface area (Å²) in [5, 5.41) is 6.38. The van der Waals surface area contributed by atoms with Gasteiger partial charge in [0, 0.05) is 12.6 Å². The highest BCUT2D eigenvalue weighted by Crippen LogP contribution is 2.17. The molecule has 29 heavy (non-hydrogen) atoms. The van der Waals surface area contributed by atoms with E-state index in [1.54, 1.807) is 12.1 Å². The normalized spacial score (nSPS) is 10.8. The summed E-state index contributed by atoms with van der Waals surface area (Å²) < 4.78 is 0.185. The first kappa shape index (κ1) is 22.5. The Bertz CT molecular complexity index is 921. The average Bonchev–Trinajstić information content (AvgIpc) is 2.72. The fraction of sp³-hybridized carbons (Fsp3) is 0.143. The quantitative estimate of drug-likeness (QED) is 0.457. The van der Waals surface area contributed by atoms with Crippen LogP contribution < -0.4 is 10.8 Å². The van der Waals surface area contributed by atoms with Crippen LogP contribution in [-0.2, 0) is 21.1 Å². The summed E-state index contributed by atoms with van der Waals surface area (Å²) in [6.07, 6.45) is 1.64. The molecule has 0 atom stereocenters. The molecule has 8 heteroatoms. The van der Waals surface area contributed by atoms with Gasteiger partial charge in [0.1, 0.15) is 18.2 Å². The minimum atomic E-state index is -0.358. The predicted octanol–water partition coefficient (Wildman–Crippen LogP) is 4.25. The summed E-state index contributed by atoms with van der Waals surface area (Å²) in [6.45, 7) is 4.14. The van der Waals surface area contributed by atoms with Crippen molar-refractivity contribution in [1.29, 1.82) is 0 Å². The Balaban J connectivity index is 2.05. The molecular formula is C21H21Cl2N3O3. The van der Waals surface area contributed by atoms with Gasteiger partial charge in [0.2, 0.25) is 0 Å². The fourth-order valence-electron chi connectivity index (χ4n) is 2.47. The number of amides is 1. The van der Waals surface area contributed by atoms with E-state index >= 15 is 0 Å². The maximum absolute atomic E-state index is 12.1. The largest absolute Gasteiger partial charge is 0.398 e. The molecule has 0 saturated heterocycles. The standard InChI is InChI=1S/C21H21Cl2N3O3/c1-14(16-10-8-15(9-11-16)12-19(22)23)25-29-13-17-6-4-5-7-18(17)20(26-28-3)21(27)24-2/h4-12,25H,1,13H2,2-3H3,(H,24,27). The monoisotopic (exact) mass is 433 g/mol. The Kier molecular flexibility index (Phi) is 8.73. The third-order valence-electron chi connectivity index (χ3n) is 3.86. The summed E-state index contributed by atoms with van der Waals surface area (Å²) in [7, 11) is 2.91. The number of carbonyl (C=O) groups excluding carboxylic acids is 1. The van der Waals surface area contributed by atoms with Gasteiger partial charge in [-0.2, -0.15) is 0 Å². The maximum atomic E-state index is 12.1. The Hall–Kier alpha value is -2.80. The summed E-state index contributed by atoms with van der Waals surface area (Å²) in [5.74, 6) is -0.358. The Morgan fingerprint density at radius 1 is 1.17 bits per heavy atom. The number of rotatable bonds is 9. The predicted molar refractivity (Wildman–Crippen MR) is 117 cm³/mol. The number of hydroxylamine groups is 1. The number of nitrogens with one attached hydrogen (secondary N) is 2. The Morgan fingerprint density at radius 2 is 1.86 bits per heavy atom. The minimum Gasteiger partial charge on any atom is -0.398 e. The number of hydrogen-bond acceptors (Lipinski definition) is 5. The number of hydrogen-bond donors (Lipinski definition) is 2. The zero-order valence-corrected chi connectivity index (χ0v) is 17.6. The lowest BCUT2D eigenvalue weighted by molar-refractivity contribution is -0.114. The highest BCUT2D eigenvalue weighted by Gasteiger charge is 2.17. The number of oxime groups is 1. The summed E-state index contributed by atoms with van der Waals surface area (Å²) in [5.41, 5.74) is 6.63. The van der Waals surface area contributed by atoms with Gasteiger partial charge < -0.3 is 10.2 Å². The molecule has 2 aromatic rings. The van der Waals surface area contributed by atoms with E-state index in [2.05, 4.69) is 22.5 Å². The van der Waals surface area contributed by atoms with Crippen LogP contribution in [0.3, 0.4) is 0 Å². The number of likely N-dealkylation sites (N-methyl/N-ethyl adjacent to an activating group) is 1. The van der Waals surface area contributed by atoms with Gasteiger partial charge in [-0.1, -0.05) is 83.5 Å². The molecule has 152 valence electrons. The average molecular weight is 434 g/mol. The molecule has 0 spiro atoms. The second-order valence-corrected chi connectivity index (χ2v) is 6.79. The van der Waals surface area contributed by atoms with Crippen molar-refractivity contribution >= 4 is 46.6 Å². The van der Waals surface area contributed by atoms with Crippen molar-refractivity contribution in [2.24, 2.45) is 5.16 Å². The first-order chi connectivity index (χ1) is 14.0. The van der Waals surface area contributed by atoms with E-state index in [0.29, 0.717) is 11.3 Å². The first-order valence-corrected chi connectivity index (χ1v) is 9.33. The van der Waals surface area contributed by atoms with Crippen LogP contribution in [0.1, 0.15) is 22.3 Å². The molecule has 0 fully saturated rings. The summed E-state index contributed by atoms with van der Waals surface area (Å²) in [4.78, 5) is 22.5. The highest BCUT2D eigenvalue weighted by atomic mass is 35.5. The molecule has 0 unspecified atom stereocenters. The summed E-state index contributed by atoms with van der Waals surface area (Å²) >= 11 is 11.3. The van der Waals surface area contributed by atoms with Gasteiger partial charge in [0.25, 0.3) is 5.91 Å². The smallest absolute Gasteiger partial charge is 0.273 e. The van der Waals surface area contributed by atoms with Crippen molar-refractivity contribution < 1.29 is 14.5 Å². The number of carbonyl (C=O) groups is 1. The SMILES string of the molecule is C=C(NOCc1ccccc1C(=NOC)C(=O)NC)c1ccc(C=C(Cl)Cl)cc1. The fourth-order valence-corrected chi connectivity index (χ4v) is 2.72. The molecule has 0 aliphatic heterocycles. The van der Waals surface area contributed by atoms with Crippen LogP contribution in [0.2, 0.25) is 0 Å². The van der Waals surface area contributed by atoms with Crippen molar-refractivity contribution in [3.05, 3.63) is 81.9 Å². The molecule has 0 heterocycles. The lowest BCUT2D eigenvalue weighted by Crippen LogP contribution is -2.29. The number of halogens is 2. The van der Waals surface area contributed by atoms with Crippen LogP contribution in [0.5, 0.6) is 0 Å². The molecule has 0 bridgehead atoms. The zero-order valence-electron chi connectivity index (χ0n) is 16.0. The van der Waals surface area contributed by atoms with E-state index in [9.17, 15) is 4.79 Å². The minimum absolute atomic E-state index is 0.162. The van der Waals surface area contributed by atoms with Gasteiger partial charge in [-0.3, -0.25) is 15.1 Å². The molecule has 0 aromatic heterocycles. The van der Waals surface area contributed by atoms with E-state index < -0.39 is 0 Å². The molecule has 0 saturated carbocycles. The van der Waals surface area contributed by atoms with E-state index in [-0.39, 0.29) is 22.7 Å². The molecule has 6 nitrogen and oxygen atoms in total. The van der Waals surface area contributed by atoms with Crippen LogP contribution >= 0.6 is 23.2 Å². The molecule has 1 amide bonds. The zero-order chi connectivity index (χ0) is 21.2. The molecule has 0 aliphatic carbocycles. The van der Waals surface area contributed by atoms with Crippen molar-refractivity contribution in [2.75, 3.05) is 14.2 Å². The lowest BCUT2D eigenvalue weighted by atomic mass is 10.0. The molecular weight excluding hydrogens is 413 g/mol. The van der Waals surface area contributed by atoms with Crippen molar-refractivity contribution in [2.45, 2.75) is 6.61 Å². The first-order valence-electron chi connectivity index (χ1n) is 8.57. The van der Waals surface area contributed by atoms with Crippen LogP contribution in [-0.4, -0.2) is 25.8 Å². The molecule has 0 radical (unpaired) electrons. The number of nitrogens with zero attached hydrogens (tertiary/aromatic N) is 1. The summed E-state index contributed by atoms with van der Waals surface area (Å²) in [6, 6.07) is 14.7. The van der Waals surface area contributed by atoms with Crippen LogP contribution in [0.15, 0.2) is 64.8 Å². The molecule has 2 N–H and O–H groups in total. The Labute approximate surface area is 179 Å². The van der Waals surface area contributed by atoms with E-state index in [1.165, 1.54) is 14.2 Å². The van der Waals surface area contributed by atoms with Crippen molar-refractivity contribution in [3.8, 4) is 0 Å². The second-order valence-electron chi connectivity index (χ2n) is 5.78. The third kappa shape index (κ3) is 6.64. The molecule has 0 aliphatic rings. The Morgan fingerprint density at radius 3 is 2.48 bits per heavy atom. The van der Waals surface area contributed by atoms with Gasteiger partial charge in [-0.25, -0.2) is 0 Å². The second kappa shape index (κ2) is 11.3. The third-order valence-corrected chi connectivity index (χ3v) is 4.07. The molecule has 2 rings (SSSR count). The molecule has 2 aromatic carbocycles. The van der Waals surface area contributed by atoms with Crippen LogP contribution in [0.25, 0.3) is 11.8 Å². The van der Waals surface area contributed by atoms with Crippen LogP contribution in [0, 0.1) is 0 Å². The van der Waals surface area contributed by atoms with E-state index in [4.69, 9.17) is 32.9 Å². The van der Waals surface area contributed by atoms with Crippen molar-refractivity contribution in [1.82, 2.24) is 10.8 Å². The topological polar surface area (TPSA) is 71.9 Å². The highest BCUT2D eigenvalue weighted by molar-refractivity contribution is 6.57. The lowest BCUT2D eigenvalue weighted by Gasteiger charge is -2.13. The van der Waals surface area contributed by atoms with Gasteiger partial charge in [0.05, 0.1) is 5.70 Å². The van der Waals surface area contributed by atoms with Gasteiger partial charge in [-0.05, 0) is 22.8 Å². The van der Waals surface area contributed by atoms with E-state index in [0.717, 1.165) is 16.7 Å². The van der Waals surface area contributed by atoms with Gasteiger partial charge >= 0.3 is 0 Å². The van der Waals surface area contributed by atoms with Gasteiger partial charge in [0.15, 0.2) is 5.71 Å².